The molecule has 128 valence electrons. The van der Waals surface area contributed by atoms with Crippen molar-refractivity contribution in [3.8, 4) is 0 Å². The molecule has 1 aromatic rings. The van der Waals surface area contributed by atoms with E-state index in [9.17, 15) is 0 Å². The van der Waals surface area contributed by atoms with Crippen LogP contribution in [0.15, 0.2) is 42.7 Å². The summed E-state index contributed by atoms with van der Waals surface area (Å²) in [5.41, 5.74) is 1.18. The van der Waals surface area contributed by atoms with Crippen molar-refractivity contribution in [3.63, 3.8) is 0 Å². The van der Waals surface area contributed by atoms with E-state index in [1.807, 2.05) is 24.3 Å². The van der Waals surface area contributed by atoms with Gasteiger partial charge in [0.25, 0.3) is 0 Å². The molecule has 2 rings (SSSR count). The molecule has 1 aliphatic heterocycles. The highest BCUT2D eigenvalue weighted by Crippen LogP contribution is 2.28. The van der Waals surface area contributed by atoms with E-state index in [1.165, 1.54) is 5.56 Å². The van der Waals surface area contributed by atoms with Crippen molar-refractivity contribution >= 4 is 8.32 Å². The van der Waals surface area contributed by atoms with E-state index >= 15 is 0 Å². The SMILES string of the molecule is CC[Si](CC)(CC)OC1C=COC(C)C1OCc1ccccc1. The summed E-state index contributed by atoms with van der Waals surface area (Å²) in [6.45, 7) is 9.41. The first-order valence-electron chi connectivity index (χ1n) is 8.79. The number of hydrogen-bond acceptors (Lipinski definition) is 3. The maximum Gasteiger partial charge on any atom is 0.193 e. The molecule has 3 nitrogen and oxygen atoms in total. The minimum atomic E-state index is -1.67. The summed E-state index contributed by atoms with van der Waals surface area (Å²) in [5.74, 6) is 0. The van der Waals surface area contributed by atoms with Crippen molar-refractivity contribution in [3.05, 3.63) is 48.2 Å². The Labute approximate surface area is 141 Å². The fraction of sp³-hybridized carbons (Fsp3) is 0.579. The summed E-state index contributed by atoms with van der Waals surface area (Å²) >= 11 is 0. The van der Waals surface area contributed by atoms with Crippen LogP contribution in [-0.4, -0.2) is 26.6 Å². The van der Waals surface area contributed by atoms with Gasteiger partial charge in [-0.05, 0) is 36.7 Å². The van der Waals surface area contributed by atoms with Crippen LogP contribution in [0.25, 0.3) is 0 Å². The van der Waals surface area contributed by atoms with Gasteiger partial charge in [-0.25, -0.2) is 0 Å². The van der Waals surface area contributed by atoms with E-state index in [0.29, 0.717) is 6.61 Å². The Balaban J connectivity index is 2.06. The van der Waals surface area contributed by atoms with Gasteiger partial charge in [0, 0.05) is 0 Å². The fourth-order valence-electron chi connectivity index (χ4n) is 3.09. The molecule has 4 heteroatoms. The minimum Gasteiger partial charge on any atom is -0.496 e. The van der Waals surface area contributed by atoms with Crippen LogP contribution >= 0.6 is 0 Å². The lowest BCUT2D eigenvalue weighted by Gasteiger charge is -2.39. The topological polar surface area (TPSA) is 27.7 Å². The maximum absolute atomic E-state index is 6.65. The van der Waals surface area contributed by atoms with E-state index in [0.717, 1.165) is 18.1 Å². The molecule has 0 radical (unpaired) electrons. The molecule has 0 amide bonds. The molecule has 0 saturated carbocycles. The Hall–Kier alpha value is -1.10. The number of benzene rings is 1. The smallest absolute Gasteiger partial charge is 0.193 e. The van der Waals surface area contributed by atoms with Crippen LogP contribution in [0.4, 0.5) is 0 Å². The fourth-order valence-corrected chi connectivity index (χ4v) is 5.88. The summed E-state index contributed by atoms with van der Waals surface area (Å²) in [6, 6.07) is 13.7. The molecule has 1 aliphatic rings. The van der Waals surface area contributed by atoms with Crippen molar-refractivity contribution in [2.45, 2.75) is 70.7 Å². The van der Waals surface area contributed by atoms with Crippen LogP contribution in [0.5, 0.6) is 0 Å². The third-order valence-corrected chi connectivity index (χ3v) is 9.59. The number of ether oxygens (including phenoxy) is 2. The second kappa shape index (κ2) is 8.67. The van der Waals surface area contributed by atoms with Gasteiger partial charge >= 0.3 is 0 Å². The molecule has 0 saturated heterocycles. The Kier molecular flexibility index (Phi) is 6.87. The van der Waals surface area contributed by atoms with Crippen LogP contribution in [0.3, 0.4) is 0 Å². The highest BCUT2D eigenvalue weighted by molar-refractivity contribution is 6.73. The molecule has 0 N–H and O–H groups in total. The number of rotatable bonds is 8. The third-order valence-electron chi connectivity index (χ3n) is 4.95. The molecule has 1 aromatic carbocycles. The zero-order chi connectivity index (χ0) is 16.7. The molecule has 3 atom stereocenters. The Morgan fingerprint density at radius 2 is 1.70 bits per heavy atom. The predicted molar refractivity (Wildman–Crippen MR) is 96.8 cm³/mol. The minimum absolute atomic E-state index is 0.00554. The molecule has 0 aromatic heterocycles. The van der Waals surface area contributed by atoms with Gasteiger partial charge in [-0.15, -0.1) is 0 Å². The highest BCUT2D eigenvalue weighted by Gasteiger charge is 2.38. The summed E-state index contributed by atoms with van der Waals surface area (Å²) in [6.07, 6.45) is 3.74. The zero-order valence-electron chi connectivity index (χ0n) is 14.8. The summed E-state index contributed by atoms with van der Waals surface area (Å²) in [5, 5.41) is 0. The van der Waals surface area contributed by atoms with Crippen LogP contribution in [-0.2, 0) is 20.5 Å². The van der Waals surface area contributed by atoms with Crippen LogP contribution in [0.1, 0.15) is 33.3 Å². The molecule has 0 aliphatic carbocycles. The highest BCUT2D eigenvalue weighted by atomic mass is 28.4. The van der Waals surface area contributed by atoms with Crippen molar-refractivity contribution in [2.75, 3.05) is 0 Å². The van der Waals surface area contributed by atoms with E-state index in [2.05, 4.69) is 39.8 Å². The maximum atomic E-state index is 6.65. The van der Waals surface area contributed by atoms with Crippen molar-refractivity contribution in [1.82, 2.24) is 0 Å². The first-order chi connectivity index (χ1) is 11.1. The van der Waals surface area contributed by atoms with Crippen molar-refractivity contribution < 1.29 is 13.9 Å². The molecule has 1 heterocycles. The molecule has 0 bridgehead atoms. The van der Waals surface area contributed by atoms with Gasteiger partial charge in [0.1, 0.15) is 12.2 Å². The van der Waals surface area contributed by atoms with Crippen LogP contribution in [0.2, 0.25) is 18.1 Å². The number of hydrogen-bond donors (Lipinski definition) is 0. The second-order valence-corrected chi connectivity index (χ2v) is 11.0. The largest absolute Gasteiger partial charge is 0.496 e. The third kappa shape index (κ3) is 4.69. The summed E-state index contributed by atoms with van der Waals surface area (Å²) in [7, 11) is -1.67. The lowest BCUT2D eigenvalue weighted by Crippen LogP contribution is -2.49. The summed E-state index contributed by atoms with van der Waals surface area (Å²) in [4.78, 5) is 0. The van der Waals surface area contributed by atoms with Crippen LogP contribution in [0, 0.1) is 0 Å². The van der Waals surface area contributed by atoms with Gasteiger partial charge in [-0.3, -0.25) is 0 Å². The summed E-state index contributed by atoms with van der Waals surface area (Å²) < 4.78 is 18.5. The molecular weight excluding hydrogens is 304 g/mol. The van der Waals surface area contributed by atoms with E-state index in [-0.39, 0.29) is 18.3 Å². The van der Waals surface area contributed by atoms with Crippen molar-refractivity contribution in [2.24, 2.45) is 0 Å². The predicted octanol–water partition coefficient (Wildman–Crippen LogP) is 4.89. The monoisotopic (exact) mass is 334 g/mol. The van der Waals surface area contributed by atoms with E-state index < -0.39 is 8.32 Å². The zero-order valence-corrected chi connectivity index (χ0v) is 15.8. The molecule has 0 fully saturated rings. The average molecular weight is 335 g/mol. The Bertz CT molecular complexity index is 476. The van der Waals surface area contributed by atoms with Gasteiger partial charge < -0.3 is 13.9 Å². The quantitative estimate of drug-likeness (QED) is 0.633. The molecule has 0 spiro atoms. The Morgan fingerprint density at radius 3 is 2.30 bits per heavy atom. The van der Waals surface area contributed by atoms with Crippen molar-refractivity contribution in [1.29, 1.82) is 0 Å². The first-order valence-corrected chi connectivity index (χ1v) is 11.3. The van der Waals surface area contributed by atoms with E-state index in [1.54, 1.807) is 6.26 Å². The lowest BCUT2D eigenvalue weighted by molar-refractivity contribution is -0.0973. The normalized spacial score (nSPS) is 24.4. The molecule has 3 unspecified atom stereocenters. The van der Waals surface area contributed by atoms with E-state index in [4.69, 9.17) is 13.9 Å². The van der Waals surface area contributed by atoms with Gasteiger partial charge in [0.2, 0.25) is 0 Å². The molecular formula is C19H30O3Si. The van der Waals surface area contributed by atoms with Gasteiger partial charge in [0.05, 0.1) is 19.0 Å². The van der Waals surface area contributed by atoms with Gasteiger partial charge in [-0.1, -0.05) is 51.1 Å². The van der Waals surface area contributed by atoms with Gasteiger partial charge in [-0.2, -0.15) is 0 Å². The van der Waals surface area contributed by atoms with Crippen LogP contribution < -0.4 is 0 Å². The first kappa shape index (κ1) is 18.2. The molecule has 23 heavy (non-hydrogen) atoms. The lowest BCUT2D eigenvalue weighted by atomic mass is 10.1. The standard InChI is InChI=1S/C19H30O3Si/c1-5-23(6-2,7-3)22-18-13-14-20-16(4)19(18)21-15-17-11-9-8-10-12-17/h8-14,16,18-19H,5-7,15H2,1-4H3. The average Bonchev–Trinajstić information content (AvgIpc) is 2.60. The Morgan fingerprint density at radius 1 is 1.04 bits per heavy atom. The van der Waals surface area contributed by atoms with Gasteiger partial charge in [0.15, 0.2) is 8.32 Å². The second-order valence-electron chi connectivity index (χ2n) is 6.26.